The summed E-state index contributed by atoms with van der Waals surface area (Å²) in [6, 6.07) is 30.0. The largest absolute Gasteiger partial charge is 0.494 e. The van der Waals surface area contributed by atoms with Crippen molar-refractivity contribution in [3.05, 3.63) is 84.9 Å². The maximum absolute atomic E-state index is 5.80. The van der Waals surface area contributed by atoms with Gasteiger partial charge < -0.3 is 4.74 Å². The Bertz CT molecular complexity index is 684. The quantitative estimate of drug-likeness (QED) is 0.324. The molecular formula is C24H29OS+. The third-order valence-corrected chi connectivity index (χ3v) is 6.01. The number of rotatable bonds is 7. The predicted octanol–water partition coefficient (Wildman–Crippen LogP) is 6.99. The average molecular weight is 366 g/mol. The average Bonchev–Trinajstić information content (AvgIpc) is 2.73. The van der Waals surface area contributed by atoms with Crippen molar-refractivity contribution in [2.45, 2.75) is 48.3 Å². The van der Waals surface area contributed by atoms with Gasteiger partial charge in [0.15, 0.2) is 14.7 Å². The normalized spacial score (nSPS) is 10.2. The molecule has 0 heterocycles. The van der Waals surface area contributed by atoms with Crippen LogP contribution in [0.2, 0.25) is 0 Å². The Hall–Kier alpha value is -2.19. The van der Waals surface area contributed by atoms with Crippen LogP contribution in [0.4, 0.5) is 0 Å². The molecule has 0 aliphatic heterocycles. The van der Waals surface area contributed by atoms with Gasteiger partial charge in [0.2, 0.25) is 0 Å². The topological polar surface area (TPSA) is 9.23 Å². The first-order valence-electron chi connectivity index (χ1n) is 9.46. The standard InChI is InChI=1S/C22H23OS.C2H6/c1-2-3-18-23-19-14-16-22(17-15-19)24(20-10-6-4-7-11-20)21-12-8-5-9-13-21;1-2/h4-17H,2-3,18H2,1H3;1-2H3/q+1;. The van der Waals surface area contributed by atoms with E-state index in [1.54, 1.807) is 0 Å². The van der Waals surface area contributed by atoms with Crippen molar-refractivity contribution in [3.8, 4) is 5.75 Å². The van der Waals surface area contributed by atoms with Gasteiger partial charge in [-0.05, 0) is 55.0 Å². The van der Waals surface area contributed by atoms with E-state index in [1.807, 2.05) is 13.8 Å². The molecule has 0 aliphatic rings. The molecule has 0 spiro atoms. The fourth-order valence-corrected chi connectivity index (χ4v) is 4.61. The molecule has 3 aromatic rings. The van der Waals surface area contributed by atoms with Gasteiger partial charge in [-0.3, -0.25) is 0 Å². The first-order valence-corrected chi connectivity index (χ1v) is 10.7. The highest BCUT2D eigenvalue weighted by Gasteiger charge is 2.28. The molecule has 0 radical (unpaired) electrons. The Morgan fingerprint density at radius 2 is 1.12 bits per heavy atom. The van der Waals surface area contributed by atoms with Crippen LogP contribution in [-0.4, -0.2) is 6.61 Å². The van der Waals surface area contributed by atoms with Crippen molar-refractivity contribution >= 4 is 10.9 Å². The van der Waals surface area contributed by atoms with Gasteiger partial charge in [0.1, 0.15) is 5.75 Å². The van der Waals surface area contributed by atoms with Gasteiger partial charge in [-0.2, -0.15) is 0 Å². The SMILES string of the molecule is CC.CCCCOc1ccc([S+](c2ccccc2)c2ccccc2)cc1. The number of hydrogen-bond acceptors (Lipinski definition) is 1. The van der Waals surface area contributed by atoms with Crippen LogP contribution in [0.5, 0.6) is 5.75 Å². The van der Waals surface area contributed by atoms with Crippen molar-refractivity contribution < 1.29 is 4.74 Å². The fourth-order valence-electron chi connectivity index (χ4n) is 2.53. The van der Waals surface area contributed by atoms with Crippen LogP contribution in [0.3, 0.4) is 0 Å². The lowest BCUT2D eigenvalue weighted by molar-refractivity contribution is 0.309. The van der Waals surface area contributed by atoms with E-state index in [0.717, 1.165) is 25.2 Å². The highest BCUT2D eigenvalue weighted by Crippen LogP contribution is 2.31. The van der Waals surface area contributed by atoms with Crippen molar-refractivity contribution in [2.75, 3.05) is 6.61 Å². The first-order chi connectivity index (χ1) is 12.9. The van der Waals surface area contributed by atoms with Gasteiger partial charge in [-0.15, -0.1) is 0 Å². The zero-order valence-corrected chi connectivity index (χ0v) is 16.8. The predicted molar refractivity (Wildman–Crippen MR) is 113 cm³/mol. The van der Waals surface area contributed by atoms with Crippen LogP contribution in [0.15, 0.2) is 99.6 Å². The van der Waals surface area contributed by atoms with E-state index in [2.05, 4.69) is 91.9 Å². The van der Waals surface area contributed by atoms with E-state index in [9.17, 15) is 0 Å². The van der Waals surface area contributed by atoms with Gasteiger partial charge in [0.25, 0.3) is 0 Å². The third-order valence-electron chi connectivity index (χ3n) is 3.78. The molecule has 26 heavy (non-hydrogen) atoms. The minimum Gasteiger partial charge on any atom is -0.494 e. The molecule has 0 unspecified atom stereocenters. The molecule has 0 fully saturated rings. The van der Waals surface area contributed by atoms with Crippen LogP contribution in [-0.2, 0) is 10.9 Å². The van der Waals surface area contributed by atoms with E-state index < -0.39 is 0 Å². The van der Waals surface area contributed by atoms with Crippen molar-refractivity contribution in [3.63, 3.8) is 0 Å². The summed E-state index contributed by atoms with van der Waals surface area (Å²) < 4.78 is 5.80. The summed E-state index contributed by atoms with van der Waals surface area (Å²) in [6.45, 7) is 6.97. The maximum Gasteiger partial charge on any atom is 0.166 e. The lowest BCUT2D eigenvalue weighted by Gasteiger charge is -2.09. The molecule has 0 atom stereocenters. The molecule has 0 saturated carbocycles. The van der Waals surface area contributed by atoms with Crippen LogP contribution in [0.25, 0.3) is 0 Å². The number of benzene rings is 3. The summed E-state index contributed by atoms with van der Waals surface area (Å²) in [5.74, 6) is 0.955. The Morgan fingerprint density at radius 1 is 0.654 bits per heavy atom. The zero-order chi connectivity index (χ0) is 18.6. The molecule has 0 aliphatic carbocycles. The van der Waals surface area contributed by atoms with Crippen LogP contribution >= 0.6 is 0 Å². The second-order valence-electron chi connectivity index (χ2n) is 5.61. The number of unbranched alkanes of at least 4 members (excludes halogenated alkanes) is 1. The van der Waals surface area contributed by atoms with Crippen LogP contribution < -0.4 is 4.74 Å². The molecule has 0 N–H and O–H groups in total. The first kappa shape index (κ1) is 20.1. The molecule has 0 aromatic heterocycles. The number of ether oxygens (including phenoxy) is 1. The van der Waals surface area contributed by atoms with E-state index in [0.29, 0.717) is 0 Å². The van der Waals surface area contributed by atoms with Crippen molar-refractivity contribution in [1.29, 1.82) is 0 Å². The van der Waals surface area contributed by atoms with Gasteiger partial charge in [0, 0.05) is 0 Å². The summed E-state index contributed by atoms with van der Waals surface area (Å²) >= 11 is 0. The molecule has 2 heteroatoms. The van der Waals surface area contributed by atoms with E-state index in [4.69, 9.17) is 4.74 Å². The van der Waals surface area contributed by atoms with Crippen LogP contribution in [0.1, 0.15) is 33.6 Å². The molecule has 0 amide bonds. The van der Waals surface area contributed by atoms with E-state index in [-0.39, 0.29) is 10.9 Å². The Balaban J connectivity index is 0.00000117. The lowest BCUT2D eigenvalue weighted by Crippen LogP contribution is -2.04. The lowest BCUT2D eigenvalue weighted by atomic mass is 10.3. The van der Waals surface area contributed by atoms with Crippen molar-refractivity contribution in [1.82, 2.24) is 0 Å². The highest BCUT2D eigenvalue weighted by molar-refractivity contribution is 7.97. The summed E-state index contributed by atoms with van der Waals surface area (Å²) in [4.78, 5) is 3.99. The second-order valence-corrected chi connectivity index (χ2v) is 7.63. The van der Waals surface area contributed by atoms with E-state index in [1.165, 1.54) is 14.7 Å². The molecule has 3 aromatic carbocycles. The molecule has 136 valence electrons. The smallest absolute Gasteiger partial charge is 0.166 e. The molecule has 3 rings (SSSR count). The zero-order valence-electron chi connectivity index (χ0n) is 16.0. The number of hydrogen-bond donors (Lipinski definition) is 0. The monoisotopic (exact) mass is 365 g/mol. The van der Waals surface area contributed by atoms with Crippen LogP contribution in [0, 0.1) is 0 Å². The highest BCUT2D eigenvalue weighted by atomic mass is 32.2. The second kappa shape index (κ2) is 11.4. The Morgan fingerprint density at radius 3 is 1.58 bits per heavy atom. The van der Waals surface area contributed by atoms with Gasteiger partial charge in [0.05, 0.1) is 17.5 Å². The summed E-state index contributed by atoms with van der Waals surface area (Å²) in [5.41, 5.74) is 0. The van der Waals surface area contributed by atoms with Gasteiger partial charge in [-0.25, -0.2) is 0 Å². The molecule has 0 bridgehead atoms. The summed E-state index contributed by atoms with van der Waals surface area (Å²) in [7, 11) is -0.0858. The molecule has 0 saturated heterocycles. The van der Waals surface area contributed by atoms with Crippen molar-refractivity contribution in [2.24, 2.45) is 0 Å². The molecular weight excluding hydrogens is 336 g/mol. The third kappa shape index (κ3) is 5.67. The Kier molecular flexibility index (Phi) is 8.85. The Labute approximate surface area is 161 Å². The molecule has 1 nitrogen and oxygen atoms in total. The summed E-state index contributed by atoms with van der Waals surface area (Å²) in [6.07, 6.45) is 2.25. The summed E-state index contributed by atoms with van der Waals surface area (Å²) in [5, 5.41) is 0. The maximum atomic E-state index is 5.80. The van der Waals surface area contributed by atoms with Gasteiger partial charge in [-0.1, -0.05) is 63.6 Å². The van der Waals surface area contributed by atoms with Gasteiger partial charge >= 0.3 is 0 Å². The minimum absolute atomic E-state index is 0.0858. The van der Waals surface area contributed by atoms with E-state index >= 15 is 0 Å². The minimum atomic E-state index is -0.0858. The fraction of sp³-hybridized carbons (Fsp3) is 0.250.